The topological polar surface area (TPSA) is 67.4 Å². The highest BCUT2D eigenvalue weighted by Gasteiger charge is 2.15. The molecule has 0 aliphatic carbocycles. The van der Waals surface area contributed by atoms with Crippen molar-refractivity contribution in [1.82, 2.24) is 19.7 Å². The minimum Gasteiger partial charge on any atom is -0.298 e. The van der Waals surface area contributed by atoms with E-state index in [9.17, 15) is 5.26 Å². The van der Waals surface area contributed by atoms with E-state index < -0.39 is 0 Å². The van der Waals surface area contributed by atoms with Crippen molar-refractivity contribution >= 4 is 11.8 Å². The summed E-state index contributed by atoms with van der Waals surface area (Å²) in [5.41, 5.74) is 3.84. The first kappa shape index (κ1) is 18.0. The molecule has 0 saturated carbocycles. The van der Waals surface area contributed by atoms with Crippen molar-refractivity contribution in [2.75, 3.05) is 0 Å². The fourth-order valence-corrected chi connectivity index (χ4v) is 3.86. The van der Waals surface area contributed by atoms with E-state index in [0.29, 0.717) is 17.9 Å². The largest absolute Gasteiger partial charge is 0.298 e. The van der Waals surface area contributed by atoms with Gasteiger partial charge < -0.3 is 0 Å². The highest BCUT2D eigenvalue weighted by atomic mass is 32.2. The molecule has 4 rings (SSSR count). The Labute approximate surface area is 167 Å². The number of nitrogens with zero attached hydrogens (tertiary/aromatic N) is 5. The van der Waals surface area contributed by atoms with Gasteiger partial charge in [0.25, 0.3) is 0 Å². The van der Waals surface area contributed by atoms with E-state index in [1.54, 1.807) is 24.2 Å². The molecule has 0 radical (unpaired) electrons. The summed E-state index contributed by atoms with van der Waals surface area (Å²) in [5, 5.41) is 19.0. The summed E-state index contributed by atoms with van der Waals surface area (Å²) in [6.07, 6.45) is 3.51. The van der Waals surface area contributed by atoms with Crippen LogP contribution in [0.1, 0.15) is 16.7 Å². The third-order valence-electron chi connectivity index (χ3n) is 4.33. The zero-order valence-electron chi connectivity index (χ0n) is 15.1. The van der Waals surface area contributed by atoms with Crippen molar-refractivity contribution in [2.24, 2.45) is 0 Å². The van der Waals surface area contributed by atoms with Gasteiger partial charge >= 0.3 is 0 Å². The highest BCUT2D eigenvalue weighted by molar-refractivity contribution is 7.98. The van der Waals surface area contributed by atoms with Gasteiger partial charge in [-0.15, -0.1) is 10.2 Å². The predicted octanol–water partition coefficient (Wildman–Crippen LogP) is 4.55. The summed E-state index contributed by atoms with van der Waals surface area (Å²) in [6, 6.07) is 24.0. The lowest BCUT2D eigenvalue weighted by atomic mass is 10.1. The minimum absolute atomic E-state index is 0.660. The van der Waals surface area contributed by atoms with Gasteiger partial charge in [0.2, 0.25) is 0 Å². The number of aromatic nitrogens is 4. The third-order valence-corrected chi connectivity index (χ3v) is 5.35. The van der Waals surface area contributed by atoms with Crippen LogP contribution in [-0.4, -0.2) is 19.7 Å². The van der Waals surface area contributed by atoms with Crippen LogP contribution < -0.4 is 0 Å². The third kappa shape index (κ3) is 3.95. The van der Waals surface area contributed by atoms with Crippen LogP contribution in [0.3, 0.4) is 0 Å². The average Bonchev–Trinajstić information content (AvgIpc) is 3.16. The molecule has 28 heavy (non-hydrogen) atoms. The van der Waals surface area contributed by atoms with Gasteiger partial charge in [0.05, 0.1) is 18.2 Å². The van der Waals surface area contributed by atoms with E-state index in [2.05, 4.69) is 38.0 Å². The molecule has 2 aromatic heterocycles. The van der Waals surface area contributed by atoms with E-state index >= 15 is 0 Å². The number of benzene rings is 2. The van der Waals surface area contributed by atoms with Crippen molar-refractivity contribution in [3.8, 4) is 17.5 Å². The first-order valence-corrected chi connectivity index (χ1v) is 9.82. The summed E-state index contributed by atoms with van der Waals surface area (Å²) >= 11 is 1.59. The number of hydrogen-bond donors (Lipinski definition) is 0. The second-order valence-electron chi connectivity index (χ2n) is 6.17. The van der Waals surface area contributed by atoms with Crippen LogP contribution in [0, 0.1) is 11.3 Å². The molecule has 0 spiro atoms. The Morgan fingerprint density at radius 2 is 1.64 bits per heavy atom. The molecule has 0 aliphatic rings. The van der Waals surface area contributed by atoms with Crippen molar-refractivity contribution in [3.05, 3.63) is 95.8 Å². The Hall–Kier alpha value is -3.43. The maximum absolute atomic E-state index is 9.32. The van der Waals surface area contributed by atoms with Crippen LogP contribution in [0.15, 0.2) is 84.3 Å². The molecule has 0 amide bonds. The second-order valence-corrected chi connectivity index (χ2v) is 7.11. The monoisotopic (exact) mass is 383 g/mol. The van der Waals surface area contributed by atoms with Gasteiger partial charge in [-0.2, -0.15) is 5.26 Å². The van der Waals surface area contributed by atoms with Gasteiger partial charge in [-0.25, -0.2) is 0 Å². The molecule has 0 atom stereocenters. The fourth-order valence-electron chi connectivity index (χ4n) is 2.92. The zero-order chi connectivity index (χ0) is 19.2. The highest BCUT2D eigenvalue weighted by Crippen LogP contribution is 2.28. The van der Waals surface area contributed by atoms with E-state index in [0.717, 1.165) is 22.1 Å². The molecule has 0 unspecified atom stereocenters. The molecule has 0 N–H and O–H groups in total. The summed E-state index contributed by atoms with van der Waals surface area (Å²) in [4.78, 5) is 4.09. The van der Waals surface area contributed by atoms with Crippen LogP contribution in [0.4, 0.5) is 0 Å². The maximum atomic E-state index is 9.32. The molecule has 2 heterocycles. The summed E-state index contributed by atoms with van der Waals surface area (Å²) < 4.78 is 2.12. The molecule has 0 saturated heterocycles. The molecule has 0 aliphatic heterocycles. The quantitative estimate of drug-likeness (QED) is 0.457. The molecule has 0 bridgehead atoms. The van der Waals surface area contributed by atoms with Gasteiger partial charge in [-0.05, 0) is 29.3 Å². The molecule has 0 fully saturated rings. The second kappa shape index (κ2) is 8.51. The van der Waals surface area contributed by atoms with Crippen molar-refractivity contribution in [2.45, 2.75) is 17.5 Å². The lowest BCUT2D eigenvalue weighted by molar-refractivity contribution is 0.714. The van der Waals surface area contributed by atoms with E-state index in [-0.39, 0.29) is 0 Å². The summed E-state index contributed by atoms with van der Waals surface area (Å²) in [5.74, 6) is 1.47. The number of hydrogen-bond acceptors (Lipinski definition) is 5. The first-order valence-electron chi connectivity index (χ1n) is 8.83. The molecular weight excluding hydrogens is 366 g/mol. The van der Waals surface area contributed by atoms with Crippen molar-refractivity contribution in [3.63, 3.8) is 0 Å². The molecule has 5 nitrogen and oxygen atoms in total. The number of thioether (sulfide) groups is 1. The number of pyridine rings is 1. The van der Waals surface area contributed by atoms with E-state index in [4.69, 9.17) is 0 Å². The zero-order valence-corrected chi connectivity index (χ0v) is 15.9. The number of rotatable bonds is 6. The number of nitriles is 1. The van der Waals surface area contributed by atoms with Gasteiger partial charge in [0.15, 0.2) is 11.0 Å². The van der Waals surface area contributed by atoms with E-state index in [1.165, 1.54) is 5.56 Å². The molecule has 2 aromatic carbocycles. The Morgan fingerprint density at radius 1 is 0.893 bits per heavy atom. The normalized spacial score (nSPS) is 10.5. The molecule has 4 aromatic rings. The minimum atomic E-state index is 0.660. The lowest BCUT2D eigenvalue weighted by Gasteiger charge is -2.11. The Morgan fingerprint density at radius 3 is 2.43 bits per heavy atom. The Kier molecular flexibility index (Phi) is 5.46. The Bertz CT molecular complexity index is 1100. The van der Waals surface area contributed by atoms with Gasteiger partial charge in [-0.3, -0.25) is 9.55 Å². The van der Waals surface area contributed by atoms with Crippen LogP contribution >= 0.6 is 11.8 Å². The fraction of sp³-hybridized carbons (Fsp3) is 0.0909. The summed E-state index contributed by atoms with van der Waals surface area (Å²) in [6.45, 7) is 0.674. The van der Waals surface area contributed by atoms with Crippen LogP contribution in [-0.2, 0) is 12.3 Å². The summed E-state index contributed by atoms with van der Waals surface area (Å²) in [7, 11) is 0. The maximum Gasteiger partial charge on any atom is 0.192 e. The molecule has 136 valence electrons. The Balaban J connectivity index is 1.67. The van der Waals surface area contributed by atoms with Crippen molar-refractivity contribution < 1.29 is 0 Å². The average molecular weight is 383 g/mol. The smallest absolute Gasteiger partial charge is 0.192 e. The van der Waals surface area contributed by atoms with E-state index in [1.807, 2.05) is 54.6 Å². The van der Waals surface area contributed by atoms with Gasteiger partial charge in [0, 0.05) is 23.7 Å². The molecular formula is C22H17N5S. The van der Waals surface area contributed by atoms with Crippen molar-refractivity contribution in [1.29, 1.82) is 5.26 Å². The van der Waals surface area contributed by atoms with Crippen LogP contribution in [0.2, 0.25) is 0 Å². The van der Waals surface area contributed by atoms with Crippen LogP contribution in [0.5, 0.6) is 0 Å². The standard InChI is InChI=1S/C22H17N5S/c23-14-19-8-4-5-9-20(19)16-28-22-26-25-21(18-10-12-24-13-11-18)27(22)15-17-6-2-1-3-7-17/h1-13H,15-16H2. The van der Waals surface area contributed by atoms with Crippen LogP contribution in [0.25, 0.3) is 11.4 Å². The van der Waals surface area contributed by atoms with Gasteiger partial charge in [-0.1, -0.05) is 60.3 Å². The SMILES string of the molecule is N#Cc1ccccc1CSc1nnc(-c2ccncc2)n1Cc1ccccc1. The first-order chi connectivity index (χ1) is 13.8. The predicted molar refractivity (Wildman–Crippen MR) is 110 cm³/mol. The van der Waals surface area contributed by atoms with Gasteiger partial charge in [0.1, 0.15) is 0 Å². The lowest BCUT2D eigenvalue weighted by Crippen LogP contribution is -2.04. The molecule has 6 heteroatoms.